The van der Waals surface area contributed by atoms with E-state index in [9.17, 15) is 0 Å². The van der Waals surface area contributed by atoms with Gasteiger partial charge < -0.3 is 10.1 Å². The van der Waals surface area contributed by atoms with Crippen LogP contribution in [0.3, 0.4) is 0 Å². The van der Waals surface area contributed by atoms with Crippen molar-refractivity contribution in [3.8, 4) is 5.75 Å². The van der Waals surface area contributed by atoms with Crippen molar-refractivity contribution < 1.29 is 4.74 Å². The second kappa shape index (κ2) is 7.68. The number of benzene rings is 1. The highest BCUT2D eigenvalue weighted by Crippen LogP contribution is 2.32. The monoisotopic (exact) mass is 275 g/mol. The van der Waals surface area contributed by atoms with Crippen molar-refractivity contribution in [1.29, 1.82) is 0 Å². The summed E-state index contributed by atoms with van der Waals surface area (Å²) in [5, 5.41) is 3.55. The summed E-state index contributed by atoms with van der Waals surface area (Å²) >= 11 is 0. The van der Waals surface area contributed by atoms with Crippen LogP contribution in [0.25, 0.3) is 0 Å². The first kappa shape index (κ1) is 15.4. The van der Waals surface area contributed by atoms with Crippen LogP contribution in [0.15, 0.2) is 24.3 Å². The van der Waals surface area contributed by atoms with E-state index < -0.39 is 0 Å². The normalized spacial score (nSPS) is 24.4. The molecule has 1 aliphatic rings. The lowest BCUT2D eigenvalue weighted by molar-refractivity contribution is 0.127. The number of ether oxygens (including phenoxy) is 1. The molecule has 2 heteroatoms. The zero-order valence-corrected chi connectivity index (χ0v) is 13.2. The highest BCUT2D eigenvalue weighted by Gasteiger charge is 2.22. The van der Waals surface area contributed by atoms with Gasteiger partial charge in [0, 0.05) is 11.6 Å². The van der Waals surface area contributed by atoms with E-state index in [2.05, 4.69) is 50.4 Å². The molecule has 0 aliphatic heterocycles. The van der Waals surface area contributed by atoms with Gasteiger partial charge in [-0.3, -0.25) is 0 Å². The Morgan fingerprint density at radius 1 is 1.25 bits per heavy atom. The summed E-state index contributed by atoms with van der Waals surface area (Å²) in [5.41, 5.74) is 1.31. The largest absolute Gasteiger partial charge is 0.490 e. The molecule has 1 saturated carbocycles. The van der Waals surface area contributed by atoms with E-state index in [0.717, 1.165) is 24.6 Å². The van der Waals surface area contributed by atoms with Crippen LogP contribution < -0.4 is 10.1 Å². The molecule has 0 bridgehead atoms. The Kier molecular flexibility index (Phi) is 5.90. The van der Waals surface area contributed by atoms with Crippen molar-refractivity contribution in [3.05, 3.63) is 29.8 Å². The Hall–Kier alpha value is -1.02. The molecule has 3 atom stereocenters. The van der Waals surface area contributed by atoms with Gasteiger partial charge in [0.1, 0.15) is 5.75 Å². The van der Waals surface area contributed by atoms with Crippen LogP contribution >= 0.6 is 0 Å². The molecular formula is C18H29NO. The molecule has 0 spiro atoms. The Morgan fingerprint density at radius 2 is 2.05 bits per heavy atom. The number of hydrogen-bond donors (Lipinski definition) is 1. The zero-order valence-electron chi connectivity index (χ0n) is 13.2. The van der Waals surface area contributed by atoms with Crippen LogP contribution in [-0.4, -0.2) is 12.6 Å². The van der Waals surface area contributed by atoms with E-state index >= 15 is 0 Å². The average Bonchev–Trinajstić information content (AvgIpc) is 2.46. The van der Waals surface area contributed by atoms with Gasteiger partial charge in [-0.25, -0.2) is 0 Å². The van der Waals surface area contributed by atoms with Gasteiger partial charge >= 0.3 is 0 Å². The molecule has 1 aliphatic carbocycles. The average molecular weight is 275 g/mol. The lowest BCUT2D eigenvalue weighted by atomic mass is 9.88. The lowest BCUT2D eigenvalue weighted by Gasteiger charge is -2.29. The minimum atomic E-state index is 0.400. The number of rotatable bonds is 6. The van der Waals surface area contributed by atoms with Gasteiger partial charge in [0.15, 0.2) is 0 Å². The maximum Gasteiger partial charge on any atom is 0.124 e. The van der Waals surface area contributed by atoms with E-state index in [1.165, 1.54) is 31.2 Å². The van der Waals surface area contributed by atoms with Gasteiger partial charge in [0.2, 0.25) is 0 Å². The minimum absolute atomic E-state index is 0.400. The molecular weight excluding hydrogens is 246 g/mol. The van der Waals surface area contributed by atoms with Crippen molar-refractivity contribution >= 4 is 0 Å². The summed E-state index contributed by atoms with van der Waals surface area (Å²) in [6.07, 6.45) is 6.56. The second-order valence-corrected chi connectivity index (χ2v) is 6.07. The van der Waals surface area contributed by atoms with Crippen LogP contribution in [0.4, 0.5) is 0 Å². The maximum absolute atomic E-state index is 6.35. The molecule has 2 rings (SSSR count). The van der Waals surface area contributed by atoms with Crippen molar-refractivity contribution in [2.45, 2.75) is 65.0 Å². The maximum atomic E-state index is 6.35. The summed E-state index contributed by atoms with van der Waals surface area (Å²) in [7, 11) is 0. The quantitative estimate of drug-likeness (QED) is 0.812. The molecule has 0 saturated heterocycles. The van der Waals surface area contributed by atoms with E-state index in [4.69, 9.17) is 4.74 Å². The highest BCUT2D eigenvalue weighted by molar-refractivity contribution is 5.36. The standard InChI is InChI=1S/C18H29NO/c1-4-17(19-5-2)16-11-6-7-12-18(16)20-15-10-8-9-14(3)13-15/h6-7,11-12,14-15,17,19H,4-5,8-10,13H2,1-3H3. The predicted molar refractivity (Wildman–Crippen MR) is 85.2 cm³/mol. The van der Waals surface area contributed by atoms with E-state index in [1.54, 1.807) is 0 Å². The fourth-order valence-corrected chi connectivity index (χ4v) is 3.26. The van der Waals surface area contributed by atoms with Gasteiger partial charge in [0.05, 0.1) is 6.10 Å². The number of para-hydroxylation sites is 1. The molecule has 1 fully saturated rings. The zero-order chi connectivity index (χ0) is 14.4. The third kappa shape index (κ3) is 3.99. The molecule has 1 N–H and O–H groups in total. The van der Waals surface area contributed by atoms with Crippen molar-refractivity contribution in [2.75, 3.05) is 6.54 Å². The molecule has 20 heavy (non-hydrogen) atoms. The van der Waals surface area contributed by atoms with E-state index in [-0.39, 0.29) is 0 Å². The van der Waals surface area contributed by atoms with E-state index in [0.29, 0.717) is 12.1 Å². The van der Waals surface area contributed by atoms with Gasteiger partial charge in [-0.1, -0.05) is 45.4 Å². The SMILES string of the molecule is CCNC(CC)c1ccccc1OC1CCCC(C)C1. The van der Waals surface area contributed by atoms with Crippen LogP contribution in [0.1, 0.15) is 64.5 Å². The smallest absolute Gasteiger partial charge is 0.124 e. The van der Waals surface area contributed by atoms with Gasteiger partial charge in [-0.05, 0) is 44.2 Å². The predicted octanol–water partition coefficient (Wildman–Crippen LogP) is 4.70. The molecule has 0 heterocycles. The fourth-order valence-electron chi connectivity index (χ4n) is 3.26. The topological polar surface area (TPSA) is 21.3 Å². The Balaban J connectivity index is 2.10. The second-order valence-electron chi connectivity index (χ2n) is 6.07. The van der Waals surface area contributed by atoms with Gasteiger partial charge in [0.25, 0.3) is 0 Å². The third-order valence-corrected chi connectivity index (χ3v) is 4.34. The van der Waals surface area contributed by atoms with Crippen molar-refractivity contribution in [1.82, 2.24) is 5.32 Å². The van der Waals surface area contributed by atoms with Crippen LogP contribution in [0.5, 0.6) is 5.75 Å². The van der Waals surface area contributed by atoms with Gasteiger partial charge in [-0.15, -0.1) is 0 Å². The minimum Gasteiger partial charge on any atom is -0.490 e. The summed E-state index contributed by atoms with van der Waals surface area (Å²) in [6.45, 7) is 7.73. The van der Waals surface area contributed by atoms with E-state index in [1.807, 2.05) is 0 Å². The summed E-state index contributed by atoms with van der Waals surface area (Å²) in [6, 6.07) is 8.94. The molecule has 0 aromatic heterocycles. The number of hydrogen-bond acceptors (Lipinski definition) is 2. The van der Waals surface area contributed by atoms with Crippen LogP contribution in [0, 0.1) is 5.92 Å². The number of nitrogens with one attached hydrogen (secondary N) is 1. The summed E-state index contributed by atoms with van der Waals surface area (Å²) in [4.78, 5) is 0. The Bertz CT molecular complexity index is 404. The van der Waals surface area contributed by atoms with Crippen molar-refractivity contribution in [2.24, 2.45) is 5.92 Å². The molecule has 1 aromatic rings. The summed E-state index contributed by atoms with van der Waals surface area (Å²) in [5.74, 6) is 1.89. The molecule has 0 radical (unpaired) electrons. The summed E-state index contributed by atoms with van der Waals surface area (Å²) < 4.78 is 6.35. The highest BCUT2D eigenvalue weighted by atomic mass is 16.5. The molecule has 0 amide bonds. The molecule has 3 unspecified atom stereocenters. The van der Waals surface area contributed by atoms with Crippen molar-refractivity contribution in [3.63, 3.8) is 0 Å². The Morgan fingerprint density at radius 3 is 2.75 bits per heavy atom. The van der Waals surface area contributed by atoms with Crippen LogP contribution in [-0.2, 0) is 0 Å². The van der Waals surface area contributed by atoms with Gasteiger partial charge in [-0.2, -0.15) is 0 Å². The van der Waals surface area contributed by atoms with Crippen LogP contribution in [0.2, 0.25) is 0 Å². The molecule has 1 aromatic carbocycles. The fraction of sp³-hybridized carbons (Fsp3) is 0.667. The molecule has 2 nitrogen and oxygen atoms in total. The molecule has 112 valence electrons. The Labute approximate surface area is 123 Å². The third-order valence-electron chi connectivity index (χ3n) is 4.34. The first-order valence-corrected chi connectivity index (χ1v) is 8.23. The lowest BCUT2D eigenvalue weighted by Crippen LogP contribution is -2.26. The first-order valence-electron chi connectivity index (χ1n) is 8.23. The first-order chi connectivity index (χ1) is 9.74.